The molecule has 0 aliphatic rings. The van der Waals surface area contributed by atoms with Crippen molar-refractivity contribution in [2.45, 2.75) is 0 Å². The van der Waals surface area contributed by atoms with E-state index in [1.807, 2.05) is 114 Å². The Balaban J connectivity index is 1.17. The lowest BCUT2D eigenvalue weighted by atomic mass is 10.00. The Kier molecular flexibility index (Phi) is 4.70. The number of hydrogen-bond donors (Lipinski definition) is 0. The first-order valence-corrected chi connectivity index (χ1v) is 18.2. The van der Waals surface area contributed by atoms with Gasteiger partial charge in [0.1, 0.15) is 0 Å². The van der Waals surface area contributed by atoms with E-state index in [-0.39, 0.29) is 63.7 Å². The van der Waals surface area contributed by atoms with E-state index in [1.54, 1.807) is 16.7 Å². The molecule has 0 N–H and O–H groups in total. The molecule has 0 saturated heterocycles. The van der Waals surface area contributed by atoms with E-state index in [1.165, 1.54) is 0 Å². The number of aromatic nitrogens is 4. The summed E-state index contributed by atoms with van der Waals surface area (Å²) < 4.78 is 103. The van der Waals surface area contributed by atoms with Crippen LogP contribution < -0.4 is 0 Å². The van der Waals surface area contributed by atoms with Crippen LogP contribution >= 0.6 is 0 Å². The first-order valence-electron chi connectivity index (χ1n) is 23.7. The molecule has 0 amide bonds. The maximum absolute atomic E-state index is 9.87. The van der Waals surface area contributed by atoms with Crippen LogP contribution in [0.1, 0.15) is 15.1 Å². The van der Waals surface area contributed by atoms with Crippen LogP contribution in [0.4, 0.5) is 0 Å². The van der Waals surface area contributed by atoms with Gasteiger partial charge in [-0.1, -0.05) is 133 Å². The van der Waals surface area contributed by atoms with Gasteiger partial charge in [-0.05, 0) is 76.7 Å². The third-order valence-electron chi connectivity index (χ3n) is 10.7. The lowest BCUT2D eigenvalue weighted by Gasteiger charge is -2.16. The van der Waals surface area contributed by atoms with Crippen molar-refractivity contribution in [1.82, 2.24) is 19.1 Å². The van der Waals surface area contributed by atoms with Gasteiger partial charge in [-0.25, -0.2) is 9.97 Å². The van der Waals surface area contributed by atoms with Crippen molar-refractivity contribution in [2.75, 3.05) is 0 Å². The molecule has 0 fully saturated rings. The fourth-order valence-electron chi connectivity index (χ4n) is 8.28. The van der Waals surface area contributed by atoms with Crippen molar-refractivity contribution in [2.24, 2.45) is 0 Å². The number of rotatable bonds is 4. The van der Waals surface area contributed by atoms with Crippen LogP contribution in [0, 0.1) is 0 Å². The van der Waals surface area contributed by atoms with Gasteiger partial charge in [0.05, 0.1) is 54.0 Å². The zero-order valence-electron chi connectivity index (χ0n) is 40.4. The summed E-state index contributed by atoms with van der Waals surface area (Å²) in [7, 11) is 0. The highest BCUT2D eigenvalue weighted by atomic mass is 15.0. The Morgan fingerprint density at radius 1 is 0.411 bits per heavy atom. The molecule has 0 saturated carbocycles. The van der Waals surface area contributed by atoms with Crippen molar-refractivity contribution in [1.29, 1.82) is 0 Å². The number of hydrogen-bond acceptors (Lipinski definition) is 2. The fourth-order valence-corrected chi connectivity index (χ4v) is 8.28. The summed E-state index contributed by atoms with van der Waals surface area (Å²) in [6.07, 6.45) is 0. The summed E-state index contributed by atoms with van der Waals surface area (Å²) in [5, 5.41) is 5.90. The van der Waals surface area contributed by atoms with Gasteiger partial charge >= 0.3 is 0 Å². The topological polar surface area (TPSA) is 35.6 Å². The van der Waals surface area contributed by atoms with Gasteiger partial charge in [-0.15, -0.1) is 0 Å². The first-order chi connectivity index (χ1) is 32.3. The molecule has 260 valence electrons. The molecule has 0 atom stereocenters. The minimum absolute atomic E-state index is 0.00767. The summed E-state index contributed by atoms with van der Waals surface area (Å²) >= 11 is 0. The zero-order valence-corrected chi connectivity index (χ0v) is 29.4. The lowest BCUT2D eigenvalue weighted by molar-refractivity contribution is 1.18. The number of nitrogens with zero attached hydrogens (tertiary/aromatic N) is 4. The largest absolute Gasteiger partial charge is 0.309 e. The first kappa shape index (κ1) is 22.0. The van der Waals surface area contributed by atoms with Gasteiger partial charge in [-0.2, -0.15) is 0 Å². The van der Waals surface area contributed by atoms with Crippen molar-refractivity contribution >= 4 is 76.1 Å². The average molecular weight is 724 g/mol. The molecule has 9 aromatic carbocycles. The second-order valence-corrected chi connectivity index (χ2v) is 13.8. The van der Waals surface area contributed by atoms with Gasteiger partial charge in [0.25, 0.3) is 0 Å². The Labute approximate surface area is 337 Å². The number of benzene rings is 9. The molecule has 4 nitrogen and oxygen atoms in total. The van der Waals surface area contributed by atoms with E-state index in [0.29, 0.717) is 44.2 Å². The summed E-state index contributed by atoms with van der Waals surface area (Å²) in [5.74, 6) is -0.0340. The van der Waals surface area contributed by atoms with E-state index in [2.05, 4.69) is 6.07 Å². The zero-order chi connectivity index (χ0) is 46.3. The third-order valence-corrected chi connectivity index (χ3v) is 10.7. The van der Waals surface area contributed by atoms with E-state index in [9.17, 15) is 5.48 Å². The van der Waals surface area contributed by atoms with Gasteiger partial charge in [-0.3, -0.25) is 0 Å². The predicted octanol–water partition coefficient (Wildman–Crippen LogP) is 13.5. The summed E-state index contributed by atoms with van der Waals surface area (Å²) in [6.45, 7) is 0. The highest BCUT2D eigenvalue weighted by Crippen LogP contribution is 2.41. The van der Waals surface area contributed by atoms with Gasteiger partial charge in [0.2, 0.25) is 0 Å². The van der Waals surface area contributed by atoms with Crippen LogP contribution in [0.2, 0.25) is 0 Å². The molecule has 0 spiro atoms. The third kappa shape index (κ3) is 4.53. The predicted molar refractivity (Wildman–Crippen MR) is 234 cm³/mol. The Morgan fingerprint density at radius 3 is 1.86 bits per heavy atom. The Hall–Kier alpha value is -7.56. The molecule has 0 bridgehead atoms. The van der Waals surface area contributed by atoms with Gasteiger partial charge in [0, 0.05) is 49.1 Å². The number of para-hydroxylation sites is 4. The maximum Gasteiger partial charge on any atom is 0.161 e. The summed E-state index contributed by atoms with van der Waals surface area (Å²) in [5.41, 5.74) is 4.07. The van der Waals surface area contributed by atoms with Crippen molar-refractivity contribution < 1.29 is 15.1 Å². The number of fused-ring (bicyclic) bond motifs is 9. The standard InChI is InChI=1S/C52H32N4/c1-2-16-36(17-3-1)55-46-24-12-9-20-39(46)41-27-26-35(32-49(41)55)51-43-22-8-11-23-45(43)53-52(54-51)42-28-29-48(38-19-7-6-18-37(38)42)56-47-25-13-10-21-40(47)44-30-33-14-4-5-15-34(33)31-50(44)56/h1-32H/i1D,2D,3D,6D,7D,16D,17D,18D,19D,28D,29D. The Morgan fingerprint density at radius 2 is 1.04 bits per heavy atom. The molecule has 12 rings (SSSR count). The Bertz CT molecular complexity index is 4170. The smallest absolute Gasteiger partial charge is 0.161 e. The molecule has 0 aliphatic heterocycles. The second kappa shape index (κ2) is 12.0. The molecule has 0 aliphatic carbocycles. The fraction of sp³-hybridized carbons (Fsp3) is 0. The van der Waals surface area contributed by atoms with Crippen LogP contribution in [0.5, 0.6) is 0 Å². The van der Waals surface area contributed by atoms with Gasteiger partial charge < -0.3 is 9.13 Å². The molecule has 56 heavy (non-hydrogen) atoms. The average Bonchev–Trinajstić information content (AvgIpc) is 3.84. The maximum atomic E-state index is 9.87. The highest BCUT2D eigenvalue weighted by molar-refractivity contribution is 6.15. The van der Waals surface area contributed by atoms with E-state index < -0.39 is 36.3 Å². The highest BCUT2D eigenvalue weighted by Gasteiger charge is 2.20. The molecule has 4 heteroatoms. The summed E-state index contributed by atoms with van der Waals surface area (Å²) in [6, 6.07) is 35.4. The normalized spacial score (nSPS) is 14.7. The van der Waals surface area contributed by atoms with Crippen molar-refractivity contribution in [3.63, 3.8) is 0 Å². The van der Waals surface area contributed by atoms with E-state index in [4.69, 9.17) is 19.6 Å². The quantitative estimate of drug-likeness (QED) is 0.181. The summed E-state index contributed by atoms with van der Waals surface area (Å²) in [4.78, 5) is 10.1. The second-order valence-electron chi connectivity index (χ2n) is 13.8. The molecule has 3 heterocycles. The molecule has 3 aromatic heterocycles. The minimum atomic E-state index is -0.512. The molecular weight excluding hydrogens is 681 g/mol. The van der Waals surface area contributed by atoms with Crippen LogP contribution in [-0.4, -0.2) is 19.1 Å². The van der Waals surface area contributed by atoms with Crippen molar-refractivity contribution in [3.05, 3.63) is 194 Å². The minimum Gasteiger partial charge on any atom is -0.309 e. The molecule has 0 radical (unpaired) electrons. The van der Waals surface area contributed by atoms with Crippen LogP contribution in [0.25, 0.3) is 110 Å². The molecule has 0 unspecified atom stereocenters. The SMILES string of the molecule is [2H]c1c([2H])c([2H])c(-n2c3ccccc3c3ccc(-c4nc(-c5c([2H])c([2H])c(-n6c7ccccc7c7cc8ccccc8cc76)c6c([2H])c([2H])c([2H])c([2H])c56)nc5ccccc45)cc32)c([2H])c1[2H]. The van der Waals surface area contributed by atoms with Crippen LogP contribution in [0.15, 0.2) is 194 Å². The molecular formula is C52H32N4. The van der Waals surface area contributed by atoms with Crippen LogP contribution in [0.3, 0.4) is 0 Å². The lowest BCUT2D eigenvalue weighted by Crippen LogP contribution is -1.99. The van der Waals surface area contributed by atoms with E-state index >= 15 is 0 Å². The van der Waals surface area contributed by atoms with E-state index in [0.717, 1.165) is 32.3 Å². The molecule has 12 aromatic rings. The van der Waals surface area contributed by atoms with Crippen LogP contribution in [-0.2, 0) is 0 Å². The monoisotopic (exact) mass is 723 g/mol. The van der Waals surface area contributed by atoms with Gasteiger partial charge in [0.15, 0.2) is 5.82 Å². The van der Waals surface area contributed by atoms with Crippen molar-refractivity contribution in [3.8, 4) is 34.0 Å².